The molecule has 0 heterocycles. The van der Waals surface area contributed by atoms with Crippen LogP contribution in [0.3, 0.4) is 0 Å². The van der Waals surface area contributed by atoms with Crippen LogP contribution in [-0.2, 0) is 6.54 Å². The number of aliphatic hydroxyl groups excluding tert-OH is 1. The van der Waals surface area contributed by atoms with Crippen LogP contribution in [-0.4, -0.2) is 54.1 Å². The van der Waals surface area contributed by atoms with E-state index in [4.69, 9.17) is 0 Å². The Kier molecular flexibility index (Phi) is 5.37. The van der Waals surface area contributed by atoms with Crippen LogP contribution in [0.15, 0.2) is 24.3 Å². The average Bonchev–Trinajstić information content (AvgIpc) is 2.46. The maximum atomic E-state index is 12.5. The normalized spacial score (nSPS) is 22.3. The number of likely N-dealkylation sites (N-methyl/N-ethyl adjacent to an activating group) is 1. The summed E-state index contributed by atoms with van der Waals surface area (Å²) in [5.74, 6) is -0.00245. The predicted octanol–water partition coefficient (Wildman–Crippen LogP) is 2.12. The number of hydrogen-bond acceptors (Lipinski definition) is 3. The lowest BCUT2D eigenvalue weighted by Crippen LogP contribution is -2.46. The number of hydrogen-bond donors (Lipinski definition) is 1. The van der Waals surface area contributed by atoms with Crippen molar-refractivity contribution in [2.75, 3.05) is 21.1 Å². The number of amides is 1. The third-order valence-electron chi connectivity index (χ3n) is 4.21. The molecule has 1 fully saturated rings. The molecule has 1 aliphatic rings. The Bertz CT molecular complexity index is 470. The fourth-order valence-corrected chi connectivity index (χ4v) is 3.02. The first-order chi connectivity index (χ1) is 9.99. The Morgan fingerprint density at radius 2 is 1.76 bits per heavy atom. The lowest BCUT2D eigenvalue weighted by Gasteiger charge is -2.35. The molecule has 21 heavy (non-hydrogen) atoms. The van der Waals surface area contributed by atoms with E-state index in [1.807, 2.05) is 38.4 Å². The van der Waals surface area contributed by atoms with Crippen LogP contribution in [0.5, 0.6) is 0 Å². The summed E-state index contributed by atoms with van der Waals surface area (Å²) in [4.78, 5) is 16.3. The summed E-state index contributed by atoms with van der Waals surface area (Å²) < 4.78 is 0. The molecule has 0 saturated heterocycles. The summed E-state index contributed by atoms with van der Waals surface area (Å²) in [7, 11) is 5.85. The van der Waals surface area contributed by atoms with E-state index in [0.29, 0.717) is 5.56 Å². The average molecular weight is 290 g/mol. The molecule has 2 rings (SSSR count). The van der Waals surface area contributed by atoms with Crippen molar-refractivity contribution >= 4 is 5.91 Å². The standard InChI is InChI=1S/C17H26N2O2/c1-18(2)12-13-8-10-14(11-9-13)17(21)19(3)15-6-4-5-7-16(15)20/h8-11,15-16,20H,4-7,12H2,1-3H3. The van der Waals surface area contributed by atoms with Gasteiger partial charge in [0.05, 0.1) is 12.1 Å². The molecule has 1 aromatic rings. The molecular formula is C17H26N2O2. The molecule has 0 bridgehead atoms. The van der Waals surface area contributed by atoms with E-state index in [2.05, 4.69) is 4.90 Å². The predicted molar refractivity (Wildman–Crippen MR) is 84.2 cm³/mol. The van der Waals surface area contributed by atoms with Crippen molar-refractivity contribution in [2.24, 2.45) is 0 Å². The van der Waals surface area contributed by atoms with Crippen LogP contribution < -0.4 is 0 Å². The fraction of sp³-hybridized carbons (Fsp3) is 0.588. The van der Waals surface area contributed by atoms with Gasteiger partial charge in [-0.3, -0.25) is 4.79 Å². The van der Waals surface area contributed by atoms with E-state index < -0.39 is 0 Å². The van der Waals surface area contributed by atoms with Gasteiger partial charge in [0.1, 0.15) is 0 Å². The Morgan fingerprint density at radius 1 is 1.14 bits per heavy atom. The zero-order valence-electron chi connectivity index (χ0n) is 13.2. The number of carbonyl (C=O) groups is 1. The minimum atomic E-state index is -0.388. The van der Waals surface area contributed by atoms with Gasteiger partial charge in [-0.05, 0) is 44.6 Å². The highest BCUT2D eigenvalue weighted by Gasteiger charge is 2.29. The lowest BCUT2D eigenvalue weighted by molar-refractivity contribution is 0.0268. The number of rotatable bonds is 4. The van der Waals surface area contributed by atoms with Gasteiger partial charge in [-0.1, -0.05) is 25.0 Å². The number of carbonyl (C=O) groups excluding carboxylic acids is 1. The maximum Gasteiger partial charge on any atom is 0.253 e. The Hall–Kier alpha value is -1.39. The number of nitrogens with zero attached hydrogens (tertiary/aromatic N) is 2. The Balaban J connectivity index is 2.04. The van der Waals surface area contributed by atoms with Crippen LogP contribution in [0.25, 0.3) is 0 Å². The number of aliphatic hydroxyl groups is 1. The molecule has 1 N–H and O–H groups in total. The minimum absolute atomic E-state index is 0.00245. The first-order valence-electron chi connectivity index (χ1n) is 7.68. The van der Waals surface area contributed by atoms with E-state index in [1.165, 1.54) is 5.56 Å². The van der Waals surface area contributed by atoms with Crippen LogP contribution in [0.1, 0.15) is 41.6 Å². The second kappa shape index (κ2) is 7.05. The van der Waals surface area contributed by atoms with E-state index >= 15 is 0 Å². The SMILES string of the molecule is CN(C)Cc1ccc(C(=O)N(C)C2CCCCC2O)cc1. The molecule has 0 spiro atoms. The molecule has 0 aromatic heterocycles. The second-order valence-corrected chi connectivity index (χ2v) is 6.27. The molecule has 4 nitrogen and oxygen atoms in total. The van der Waals surface area contributed by atoms with Crippen LogP contribution in [0.2, 0.25) is 0 Å². The van der Waals surface area contributed by atoms with E-state index in [9.17, 15) is 9.90 Å². The molecule has 116 valence electrons. The first kappa shape index (κ1) is 16.0. The molecule has 0 radical (unpaired) electrons. The van der Waals surface area contributed by atoms with Gasteiger partial charge in [0.2, 0.25) is 0 Å². The summed E-state index contributed by atoms with van der Waals surface area (Å²) in [6, 6.07) is 7.71. The van der Waals surface area contributed by atoms with Crippen molar-refractivity contribution in [1.82, 2.24) is 9.80 Å². The molecule has 1 saturated carbocycles. The van der Waals surface area contributed by atoms with Gasteiger partial charge in [0, 0.05) is 19.2 Å². The molecule has 1 aromatic carbocycles. The molecule has 1 amide bonds. The molecule has 1 aliphatic carbocycles. The molecule has 0 aliphatic heterocycles. The van der Waals surface area contributed by atoms with Gasteiger partial charge in [0.25, 0.3) is 5.91 Å². The third-order valence-corrected chi connectivity index (χ3v) is 4.21. The van der Waals surface area contributed by atoms with Crippen molar-refractivity contribution in [2.45, 2.75) is 44.4 Å². The highest BCUT2D eigenvalue weighted by molar-refractivity contribution is 5.94. The van der Waals surface area contributed by atoms with E-state index in [0.717, 1.165) is 32.2 Å². The summed E-state index contributed by atoms with van der Waals surface area (Å²) >= 11 is 0. The van der Waals surface area contributed by atoms with Crippen molar-refractivity contribution in [3.8, 4) is 0 Å². The van der Waals surface area contributed by atoms with E-state index in [-0.39, 0.29) is 18.1 Å². The zero-order chi connectivity index (χ0) is 15.4. The van der Waals surface area contributed by atoms with Crippen molar-refractivity contribution in [1.29, 1.82) is 0 Å². The van der Waals surface area contributed by atoms with Crippen molar-refractivity contribution in [3.05, 3.63) is 35.4 Å². The largest absolute Gasteiger partial charge is 0.391 e. The van der Waals surface area contributed by atoms with Crippen molar-refractivity contribution in [3.63, 3.8) is 0 Å². The maximum absolute atomic E-state index is 12.5. The van der Waals surface area contributed by atoms with Crippen LogP contribution in [0, 0.1) is 0 Å². The monoisotopic (exact) mass is 290 g/mol. The van der Waals surface area contributed by atoms with Gasteiger partial charge >= 0.3 is 0 Å². The highest BCUT2D eigenvalue weighted by atomic mass is 16.3. The van der Waals surface area contributed by atoms with Crippen molar-refractivity contribution < 1.29 is 9.90 Å². The lowest BCUT2D eigenvalue weighted by atomic mass is 9.91. The van der Waals surface area contributed by atoms with Crippen LogP contribution in [0.4, 0.5) is 0 Å². The summed E-state index contributed by atoms with van der Waals surface area (Å²) in [5, 5.41) is 10.1. The second-order valence-electron chi connectivity index (χ2n) is 6.27. The van der Waals surface area contributed by atoms with E-state index in [1.54, 1.807) is 11.9 Å². The number of benzene rings is 1. The highest BCUT2D eigenvalue weighted by Crippen LogP contribution is 2.23. The zero-order valence-corrected chi connectivity index (χ0v) is 13.2. The third kappa shape index (κ3) is 4.05. The molecule has 2 atom stereocenters. The minimum Gasteiger partial charge on any atom is -0.391 e. The van der Waals surface area contributed by atoms with Gasteiger partial charge < -0.3 is 14.9 Å². The molecule has 4 heteroatoms. The topological polar surface area (TPSA) is 43.8 Å². The fourth-order valence-electron chi connectivity index (χ4n) is 3.02. The summed E-state index contributed by atoms with van der Waals surface area (Å²) in [5.41, 5.74) is 1.88. The molecule has 2 unspecified atom stereocenters. The Labute approximate surface area is 127 Å². The summed E-state index contributed by atoms with van der Waals surface area (Å²) in [6.07, 6.45) is 3.44. The Morgan fingerprint density at radius 3 is 2.33 bits per heavy atom. The van der Waals surface area contributed by atoms with Gasteiger partial charge in [0.15, 0.2) is 0 Å². The first-order valence-corrected chi connectivity index (χ1v) is 7.68. The van der Waals surface area contributed by atoms with Crippen LogP contribution >= 0.6 is 0 Å². The molecular weight excluding hydrogens is 264 g/mol. The van der Waals surface area contributed by atoms with Gasteiger partial charge in [-0.25, -0.2) is 0 Å². The quantitative estimate of drug-likeness (QED) is 0.924. The smallest absolute Gasteiger partial charge is 0.253 e. The van der Waals surface area contributed by atoms with Gasteiger partial charge in [-0.2, -0.15) is 0 Å². The van der Waals surface area contributed by atoms with Gasteiger partial charge in [-0.15, -0.1) is 0 Å². The summed E-state index contributed by atoms with van der Waals surface area (Å²) in [6.45, 7) is 0.867.